The first-order chi connectivity index (χ1) is 16.0. The highest BCUT2D eigenvalue weighted by Crippen LogP contribution is 2.49. The van der Waals surface area contributed by atoms with Crippen molar-refractivity contribution in [2.75, 3.05) is 31.0 Å². The van der Waals surface area contributed by atoms with E-state index in [1.54, 1.807) is 57.8 Å². The van der Waals surface area contributed by atoms with Gasteiger partial charge in [0.05, 0.1) is 31.0 Å². The molecule has 168 valence electrons. The van der Waals surface area contributed by atoms with Crippen LogP contribution in [-0.2, 0) is 4.79 Å². The van der Waals surface area contributed by atoms with Gasteiger partial charge in [-0.25, -0.2) is 4.98 Å². The van der Waals surface area contributed by atoms with E-state index in [1.165, 1.54) is 25.6 Å². The van der Waals surface area contributed by atoms with Gasteiger partial charge in [-0.1, -0.05) is 18.2 Å². The fourth-order valence-electron chi connectivity index (χ4n) is 4.34. The van der Waals surface area contributed by atoms with E-state index in [0.29, 0.717) is 39.0 Å². The maximum atomic E-state index is 13.6. The number of hydrogen-bond acceptors (Lipinski definition) is 7. The fraction of sp³-hybridized carbons (Fsp3) is 0.217. The molecule has 2 aliphatic rings. The summed E-state index contributed by atoms with van der Waals surface area (Å²) in [5.74, 6) is -0.0495. The van der Waals surface area contributed by atoms with Crippen LogP contribution in [0, 0.1) is 0 Å². The van der Waals surface area contributed by atoms with Crippen LogP contribution in [0.1, 0.15) is 38.9 Å². The van der Waals surface area contributed by atoms with Crippen LogP contribution >= 0.6 is 11.3 Å². The molecule has 9 nitrogen and oxygen atoms in total. The Morgan fingerprint density at radius 2 is 1.94 bits per heavy atom. The summed E-state index contributed by atoms with van der Waals surface area (Å²) in [6.07, 6.45) is 0.961. The molecule has 3 aromatic rings. The Morgan fingerprint density at radius 1 is 1.12 bits per heavy atom. The van der Waals surface area contributed by atoms with Crippen LogP contribution in [0.2, 0.25) is 0 Å². The smallest absolute Gasteiger partial charge is 0.264 e. The van der Waals surface area contributed by atoms with Crippen LogP contribution in [0.25, 0.3) is 0 Å². The van der Waals surface area contributed by atoms with Gasteiger partial charge < -0.3 is 19.7 Å². The van der Waals surface area contributed by atoms with E-state index in [9.17, 15) is 14.4 Å². The lowest BCUT2D eigenvalue weighted by Crippen LogP contribution is -2.49. The highest BCUT2D eigenvalue weighted by molar-refractivity contribution is 7.13. The Hall–Kier alpha value is -3.92. The summed E-state index contributed by atoms with van der Waals surface area (Å²) in [7, 11) is 2.98. The van der Waals surface area contributed by atoms with Crippen LogP contribution in [0.5, 0.6) is 11.5 Å². The number of para-hydroxylation sites is 1. The van der Waals surface area contributed by atoms with Crippen molar-refractivity contribution < 1.29 is 23.9 Å². The van der Waals surface area contributed by atoms with E-state index in [1.807, 2.05) is 0 Å². The van der Waals surface area contributed by atoms with Crippen LogP contribution in [0.4, 0.5) is 10.8 Å². The quantitative estimate of drug-likeness (QED) is 0.601. The molecule has 33 heavy (non-hydrogen) atoms. The van der Waals surface area contributed by atoms with Gasteiger partial charge in [-0.3, -0.25) is 19.3 Å². The highest BCUT2D eigenvalue weighted by atomic mass is 32.1. The Balaban J connectivity index is 1.55. The molecule has 0 unspecified atom stereocenters. The standard InChI is InChI=1S/C23H20N4O5S/c1-31-16-8-7-14-18(19(16)32-2)22(30)27-15-6-4-3-5-13(15)21(29)26(20(14)27)11-9-17(28)25-23-24-10-12-33-23/h3-8,10,12,20H,9,11H2,1-2H3,(H,24,25,28)/t20-/m1/s1. The Morgan fingerprint density at radius 3 is 2.67 bits per heavy atom. The number of nitrogens with one attached hydrogen (secondary N) is 1. The number of benzene rings is 2. The lowest BCUT2D eigenvalue weighted by Gasteiger charge is -2.40. The van der Waals surface area contributed by atoms with Crippen molar-refractivity contribution in [1.82, 2.24) is 9.88 Å². The van der Waals surface area contributed by atoms with Crippen molar-refractivity contribution in [3.05, 3.63) is 64.7 Å². The Bertz CT molecular complexity index is 1260. The number of aromatic nitrogens is 1. The van der Waals surface area contributed by atoms with Crippen molar-refractivity contribution in [3.63, 3.8) is 0 Å². The van der Waals surface area contributed by atoms with Gasteiger partial charge in [-0.2, -0.15) is 0 Å². The summed E-state index contributed by atoms with van der Waals surface area (Å²) in [6.45, 7) is 0.118. The number of fused-ring (bicyclic) bond motifs is 5. The zero-order chi connectivity index (χ0) is 23.1. The molecule has 0 saturated heterocycles. The van der Waals surface area contributed by atoms with Gasteiger partial charge in [0.1, 0.15) is 6.17 Å². The van der Waals surface area contributed by atoms with Gasteiger partial charge in [-0.05, 0) is 18.2 Å². The zero-order valence-electron chi connectivity index (χ0n) is 17.9. The Kier molecular flexibility index (Phi) is 5.21. The molecule has 3 amide bonds. The SMILES string of the molecule is COc1ccc2c(c1OC)C(=O)N1c3ccccc3C(=O)N(CCC(=O)Nc3nccs3)[C@@H]21. The van der Waals surface area contributed by atoms with Gasteiger partial charge in [0.15, 0.2) is 16.6 Å². The second-order valence-electron chi connectivity index (χ2n) is 7.47. The van der Waals surface area contributed by atoms with Gasteiger partial charge in [0.2, 0.25) is 5.91 Å². The summed E-state index contributed by atoms with van der Waals surface area (Å²) < 4.78 is 10.9. The number of carbonyl (C=O) groups excluding carboxylic acids is 3. The fourth-order valence-corrected chi connectivity index (χ4v) is 4.89. The van der Waals surface area contributed by atoms with Crippen molar-refractivity contribution in [1.29, 1.82) is 0 Å². The predicted molar refractivity (Wildman–Crippen MR) is 122 cm³/mol. The van der Waals surface area contributed by atoms with Crippen LogP contribution in [0.15, 0.2) is 48.0 Å². The number of amides is 3. The van der Waals surface area contributed by atoms with Gasteiger partial charge >= 0.3 is 0 Å². The minimum absolute atomic E-state index is 0.0502. The van der Waals surface area contributed by atoms with Crippen LogP contribution < -0.4 is 19.7 Å². The number of anilines is 2. The molecule has 0 radical (unpaired) electrons. The average Bonchev–Trinajstić information content (AvgIpc) is 3.44. The molecule has 10 heteroatoms. The molecule has 2 aromatic carbocycles. The number of ether oxygens (including phenoxy) is 2. The highest BCUT2D eigenvalue weighted by Gasteiger charge is 2.49. The minimum Gasteiger partial charge on any atom is -0.493 e. The molecule has 0 bridgehead atoms. The van der Waals surface area contributed by atoms with Crippen LogP contribution in [0.3, 0.4) is 0 Å². The summed E-state index contributed by atoms with van der Waals surface area (Å²) in [5.41, 5.74) is 1.91. The lowest BCUT2D eigenvalue weighted by molar-refractivity contribution is -0.116. The number of nitrogens with zero attached hydrogens (tertiary/aromatic N) is 3. The molecule has 3 heterocycles. The third-order valence-corrected chi connectivity index (χ3v) is 6.43. The number of methoxy groups -OCH3 is 2. The first-order valence-electron chi connectivity index (χ1n) is 10.2. The summed E-state index contributed by atoms with van der Waals surface area (Å²) in [4.78, 5) is 46.8. The minimum atomic E-state index is -0.692. The molecule has 1 N–H and O–H groups in total. The van der Waals surface area contributed by atoms with Crippen LogP contribution in [-0.4, -0.2) is 48.4 Å². The predicted octanol–water partition coefficient (Wildman–Crippen LogP) is 3.30. The van der Waals surface area contributed by atoms with E-state index in [2.05, 4.69) is 10.3 Å². The maximum absolute atomic E-state index is 13.6. The second-order valence-corrected chi connectivity index (χ2v) is 8.36. The van der Waals surface area contributed by atoms with E-state index in [-0.39, 0.29) is 30.7 Å². The van der Waals surface area contributed by atoms with Gasteiger partial charge in [0, 0.05) is 30.1 Å². The Labute approximate surface area is 193 Å². The van der Waals surface area contributed by atoms with E-state index in [0.717, 1.165) is 0 Å². The third-order valence-electron chi connectivity index (χ3n) is 5.74. The molecule has 5 rings (SSSR count). The third kappa shape index (κ3) is 3.30. The summed E-state index contributed by atoms with van der Waals surface area (Å²) in [5, 5.41) is 4.99. The van der Waals surface area contributed by atoms with Crippen molar-refractivity contribution in [2.45, 2.75) is 12.6 Å². The molecule has 1 aromatic heterocycles. The molecular formula is C23H20N4O5S. The molecule has 0 aliphatic carbocycles. The van der Waals surface area contributed by atoms with E-state index in [4.69, 9.17) is 9.47 Å². The topological polar surface area (TPSA) is 101 Å². The first-order valence-corrected chi connectivity index (χ1v) is 11.1. The summed E-state index contributed by atoms with van der Waals surface area (Å²) >= 11 is 1.32. The lowest BCUT2D eigenvalue weighted by atomic mass is 10.0. The average molecular weight is 465 g/mol. The van der Waals surface area contributed by atoms with Crippen molar-refractivity contribution in [3.8, 4) is 11.5 Å². The van der Waals surface area contributed by atoms with E-state index >= 15 is 0 Å². The molecular weight excluding hydrogens is 444 g/mol. The second kappa shape index (κ2) is 8.21. The normalized spacial score (nSPS) is 16.2. The van der Waals surface area contributed by atoms with E-state index < -0.39 is 6.17 Å². The van der Waals surface area contributed by atoms with Crippen molar-refractivity contribution in [2.24, 2.45) is 0 Å². The largest absolute Gasteiger partial charge is 0.493 e. The summed E-state index contributed by atoms with van der Waals surface area (Å²) in [6, 6.07) is 10.5. The van der Waals surface area contributed by atoms with Crippen molar-refractivity contribution >= 4 is 39.9 Å². The molecule has 0 fully saturated rings. The zero-order valence-corrected chi connectivity index (χ0v) is 18.7. The van der Waals surface area contributed by atoms with Gasteiger partial charge in [-0.15, -0.1) is 11.3 Å². The monoisotopic (exact) mass is 464 g/mol. The molecule has 0 saturated carbocycles. The molecule has 2 aliphatic heterocycles. The molecule has 0 spiro atoms. The number of thiazole rings is 1. The maximum Gasteiger partial charge on any atom is 0.264 e. The number of carbonyl (C=O) groups is 3. The number of hydrogen-bond donors (Lipinski definition) is 1. The number of rotatable bonds is 6. The van der Waals surface area contributed by atoms with Gasteiger partial charge in [0.25, 0.3) is 11.8 Å². The first kappa shape index (κ1) is 21.0. The molecule has 1 atom stereocenters.